The lowest BCUT2D eigenvalue weighted by Crippen LogP contribution is -2.32. The van der Waals surface area contributed by atoms with Gasteiger partial charge in [0.25, 0.3) is 11.1 Å². The number of methoxy groups -OCH3 is 3. The average Bonchev–Trinajstić information content (AvgIpc) is 3.51. The van der Waals surface area contributed by atoms with Crippen molar-refractivity contribution in [2.75, 3.05) is 32.8 Å². The maximum Gasteiger partial charge on any atom is 0.262 e. The minimum absolute atomic E-state index is 0.165. The zero-order valence-corrected chi connectivity index (χ0v) is 20.7. The van der Waals surface area contributed by atoms with Gasteiger partial charge in [0.15, 0.2) is 21.8 Å². The van der Waals surface area contributed by atoms with Crippen molar-refractivity contribution in [3.8, 4) is 29.0 Å². The molecule has 0 amide bonds. The molecule has 3 aromatic rings. The molecule has 2 aromatic heterocycles. The van der Waals surface area contributed by atoms with Crippen molar-refractivity contribution in [2.45, 2.75) is 29.3 Å². The van der Waals surface area contributed by atoms with Gasteiger partial charge in [0.1, 0.15) is 0 Å². The summed E-state index contributed by atoms with van der Waals surface area (Å²) in [7, 11) is 4.31. The molecule has 2 aliphatic heterocycles. The van der Waals surface area contributed by atoms with Crippen molar-refractivity contribution in [2.24, 2.45) is 0 Å². The molecule has 11 nitrogen and oxygen atoms in total. The summed E-state index contributed by atoms with van der Waals surface area (Å²) in [4.78, 5) is 35.7. The Morgan fingerprint density at radius 2 is 1.34 bits per heavy atom. The number of nitrogens with zero attached hydrogens (tertiary/aromatic N) is 4. The molecule has 5 rings (SSSR count). The molecule has 0 saturated heterocycles. The van der Waals surface area contributed by atoms with Gasteiger partial charge in [-0.15, -0.1) is 0 Å². The molecule has 2 aliphatic rings. The highest BCUT2D eigenvalue weighted by Crippen LogP contribution is 2.47. The SMILES string of the molecule is COc1ccc(C(c2c(O)nc3n(c2=O)CCS3)c2c(O)nc3n(c2=O)CCS3)c(OC)c1OC. The van der Waals surface area contributed by atoms with E-state index in [4.69, 9.17) is 14.2 Å². The van der Waals surface area contributed by atoms with E-state index < -0.39 is 28.8 Å². The summed E-state index contributed by atoms with van der Waals surface area (Å²) in [5.74, 6) is -0.299. The normalized spacial score (nSPS) is 14.2. The van der Waals surface area contributed by atoms with Gasteiger partial charge in [-0.25, -0.2) is 0 Å². The lowest BCUT2D eigenvalue weighted by atomic mass is 9.85. The van der Waals surface area contributed by atoms with Crippen LogP contribution in [0.1, 0.15) is 22.6 Å². The van der Waals surface area contributed by atoms with Gasteiger partial charge >= 0.3 is 0 Å². The van der Waals surface area contributed by atoms with E-state index in [0.717, 1.165) is 0 Å². The summed E-state index contributed by atoms with van der Waals surface area (Å²) < 4.78 is 19.4. The molecular weight excluding hydrogens is 496 g/mol. The van der Waals surface area contributed by atoms with E-state index in [2.05, 4.69) is 9.97 Å². The molecule has 0 bridgehead atoms. The summed E-state index contributed by atoms with van der Waals surface area (Å²) in [6.07, 6.45) is 0. The fourth-order valence-corrected chi connectivity index (χ4v) is 6.34. The lowest BCUT2D eigenvalue weighted by molar-refractivity contribution is 0.321. The minimum Gasteiger partial charge on any atom is -0.493 e. The van der Waals surface area contributed by atoms with Crippen molar-refractivity contribution in [3.05, 3.63) is 49.5 Å². The molecule has 0 saturated carbocycles. The number of fused-ring (bicyclic) bond motifs is 2. The molecule has 13 heteroatoms. The van der Waals surface area contributed by atoms with Crippen LogP contribution in [0.3, 0.4) is 0 Å². The fraction of sp³-hybridized carbons (Fsp3) is 0.364. The first-order valence-electron chi connectivity index (χ1n) is 10.6. The number of ether oxygens (including phenoxy) is 3. The average molecular weight is 519 g/mol. The van der Waals surface area contributed by atoms with Crippen LogP contribution in [0.2, 0.25) is 0 Å². The van der Waals surface area contributed by atoms with E-state index >= 15 is 0 Å². The first-order chi connectivity index (χ1) is 16.9. The Labute approximate surface area is 207 Å². The Morgan fingerprint density at radius 1 is 0.829 bits per heavy atom. The van der Waals surface area contributed by atoms with E-state index in [1.54, 1.807) is 12.1 Å². The second-order valence-corrected chi connectivity index (χ2v) is 9.85. The first-order valence-corrected chi connectivity index (χ1v) is 12.6. The van der Waals surface area contributed by atoms with Gasteiger partial charge in [-0.2, -0.15) is 9.97 Å². The number of hydrogen-bond donors (Lipinski definition) is 2. The molecule has 0 spiro atoms. The van der Waals surface area contributed by atoms with Crippen LogP contribution in [0.25, 0.3) is 0 Å². The third-order valence-corrected chi connectivity index (χ3v) is 7.93. The molecule has 0 radical (unpaired) electrons. The number of benzene rings is 1. The Kier molecular flexibility index (Phi) is 6.05. The maximum atomic E-state index is 13.6. The minimum atomic E-state index is -1.25. The third kappa shape index (κ3) is 3.60. The highest BCUT2D eigenvalue weighted by atomic mass is 32.2. The van der Waals surface area contributed by atoms with Gasteiger partial charge in [-0.05, 0) is 6.07 Å². The molecule has 0 unspecified atom stereocenters. The van der Waals surface area contributed by atoms with Gasteiger partial charge in [-0.3, -0.25) is 18.7 Å². The number of hydrogen-bond acceptors (Lipinski definition) is 11. The topological polar surface area (TPSA) is 138 Å². The van der Waals surface area contributed by atoms with Crippen LogP contribution in [-0.4, -0.2) is 62.2 Å². The lowest BCUT2D eigenvalue weighted by Gasteiger charge is -2.24. The number of aromatic hydroxyl groups is 2. The largest absolute Gasteiger partial charge is 0.493 e. The van der Waals surface area contributed by atoms with Crippen LogP contribution in [0.4, 0.5) is 0 Å². The summed E-state index contributed by atoms with van der Waals surface area (Å²) in [6, 6.07) is 3.20. The monoisotopic (exact) mass is 518 g/mol. The highest BCUT2D eigenvalue weighted by Gasteiger charge is 2.37. The van der Waals surface area contributed by atoms with Crippen molar-refractivity contribution in [3.63, 3.8) is 0 Å². The molecule has 1 aromatic carbocycles. The quantitative estimate of drug-likeness (QED) is 0.461. The highest BCUT2D eigenvalue weighted by molar-refractivity contribution is 7.99. The molecule has 0 fully saturated rings. The smallest absolute Gasteiger partial charge is 0.262 e. The van der Waals surface area contributed by atoms with Crippen LogP contribution in [-0.2, 0) is 13.1 Å². The van der Waals surface area contributed by atoms with Gasteiger partial charge in [0.2, 0.25) is 17.5 Å². The Hall–Kier alpha value is -3.32. The van der Waals surface area contributed by atoms with Crippen LogP contribution < -0.4 is 25.3 Å². The van der Waals surface area contributed by atoms with Gasteiger partial charge in [-0.1, -0.05) is 29.6 Å². The standard InChI is InChI=1S/C22H22N4O7S2/c1-31-11-5-4-10(15(32-2)16(11)33-3)12(13-17(27)23-21-25(19(13)29)6-8-34-21)14-18(28)24-22-26(20(14)30)7-9-35-22/h4-5,12,27-28H,6-9H2,1-3H3. The van der Waals surface area contributed by atoms with E-state index in [0.29, 0.717) is 46.2 Å². The number of aromatic nitrogens is 4. The van der Waals surface area contributed by atoms with Crippen molar-refractivity contribution < 1.29 is 24.4 Å². The molecule has 4 heterocycles. The second kappa shape index (κ2) is 9.04. The summed E-state index contributed by atoms with van der Waals surface area (Å²) in [5, 5.41) is 22.7. The molecule has 2 N–H and O–H groups in total. The fourth-order valence-electron chi connectivity index (χ4n) is 4.46. The van der Waals surface area contributed by atoms with E-state index in [1.807, 2.05) is 0 Å². The molecule has 0 atom stereocenters. The van der Waals surface area contributed by atoms with Gasteiger partial charge in [0, 0.05) is 30.2 Å². The maximum absolute atomic E-state index is 13.6. The van der Waals surface area contributed by atoms with Crippen LogP contribution in [0, 0.1) is 0 Å². The van der Waals surface area contributed by atoms with Gasteiger partial charge < -0.3 is 24.4 Å². The summed E-state index contributed by atoms with van der Waals surface area (Å²) in [5.41, 5.74) is -1.06. The first kappa shape index (κ1) is 23.4. The molecule has 35 heavy (non-hydrogen) atoms. The molecule has 184 valence electrons. The number of thioether (sulfide) groups is 2. The Morgan fingerprint density at radius 3 is 1.80 bits per heavy atom. The zero-order chi connectivity index (χ0) is 24.9. The Balaban J connectivity index is 1.89. The predicted octanol–water partition coefficient (Wildman–Crippen LogP) is 1.63. The Bertz CT molecular complexity index is 1380. The summed E-state index contributed by atoms with van der Waals surface area (Å²) in [6.45, 7) is 0.803. The third-order valence-electron chi connectivity index (χ3n) is 6.01. The van der Waals surface area contributed by atoms with E-state index in [1.165, 1.54) is 54.0 Å². The van der Waals surface area contributed by atoms with E-state index in [-0.39, 0.29) is 22.6 Å². The molecule has 0 aliphatic carbocycles. The second-order valence-electron chi connectivity index (χ2n) is 7.73. The molecular formula is C22H22N4O7S2. The zero-order valence-electron chi connectivity index (χ0n) is 19.1. The summed E-state index contributed by atoms with van der Waals surface area (Å²) >= 11 is 2.70. The van der Waals surface area contributed by atoms with Gasteiger partial charge in [0.05, 0.1) is 38.4 Å². The van der Waals surface area contributed by atoms with E-state index in [9.17, 15) is 19.8 Å². The number of rotatable bonds is 6. The van der Waals surface area contributed by atoms with Crippen molar-refractivity contribution in [1.82, 2.24) is 19.1 Å². The van der Waals surface area contributed by atoms with Crippen molar-refractivity contribution >= 4 is 23.5 Å². The van der Waals surface area contributed by atoms with Crippen molar-refractivity contribution in [1.29, 1.82) is 0 Å². The van der Waals surface area contributed by atoms with Crippen LogP contribution >= 0.6 is 23.5 Å². The predicted molar refractivity (Wildman–Crippen MR) is 129 cm³/mol. The van der Waals surface area contributed by atoms with Crippen LogP contribution in [0.15, 0.2) is 32.0 Å². The van der Waals surface area contributed by atoms with Crippen LogP contribution in [0.5, 0.6) is 29.0 Å².